The molecule has 0 radical (unpaired) electrons. The Balaban J connectivity index is 1.27. The summed E-state index contributed by atoms with van der Waals surface area (Å²) in [6, 6.07) is 4.77. The number of nitrogens with zero attached hydrogens (tertiary/aromatic N) is 3. The summed E-state index contributed by atoms with van der Waals surface area (Å²) in [5.74, 6) is -0.766. The first-order valence-corrected chi connectivity index (χ1v) is 13.6. The van der Waals surface area contributed by atoms with Crippen LogP contribution in [-0.4, -0.2) is 60.2 Å². The van der Waals surface area contributed by atoms with Gasteiger partial charge >= 0.3 is 0 Å². The van der Waals surface area contributed by atoms with E-state index in [-0.39, 0.29) is 11.9 Å². The second-order valence-corrected chi connectivity index (χ2v) is 10.5. The van der Waals surface area contributed by atoms with Gasteiger partial charge in [0.15, 0.2) is 17.4 Å². The SMILES string of the molecule is CCCCN1C=C(c2cc(F)c(OC3CCN(CC4CCNCC4)CC3)c(F)c2)c2ccncc2C1. The smallest absolute Gasteiger partial charge is 0.191 e. The van der Waals surface area contributed by atoms with Crippen molar-refractivity contribution in [2.75, 3.05) is 39.3 Å². The maximum absolute atomic E-state index is 15.2. The van der Waals surface area contributed by atoms with Crippen LogP contribution >= 0.6 is 0 Å². The molecule has 4 heterocycles. The molecular formula is C29H38F2N4O. The van der Waals surface area contributed by atoms with E-state index in [2.05, 4.69) is 27.0 Å². The van der Waals surface area contributed by atoms with Crippen molar-refractivity contribution in [2.45, 2.75) is 58.1 Å². The first-order valence-electron chi connectivity index (χ1n) is 13.6. The lowest BCUT2D eigenvalue weighted by molar-refractivity contribution is 0.0815. The van der Waals surface area contributed by atoms with Crippen LogP contribution in [0.4, 0.5) is 8.78 Å². The van der Waals surface area contributed by atoms with Crippen LogP contribution in [0.15, 0.2) is 36.8 Å². The van der Waals surface area contributed by atoms with Crippen LogP contribution < -0.4 is 10.1 Å². The van der Waals surface area contributed by atoms with Gasteiger partial charge in [-0.1, -0.05) is 13.3 Å². The average molecular weight is 497 g/mol. The molecule has 194 valence electrons. The van der Waals surface area contributed by atoms with Crippen molar-refractivity contribution < 1.29 is 13.5 Å². The maximum atomic E-state index is 15.2. The molecule has 0 amide bonds. The van der Waals surface area contributed by atoms with E-state index >= 15 is 8.78 Å². The van der Waals surface area contributed by atoms with Gasteiger partial charge in [-0.05, 0) is 86.0 Å². The van der Waals surface area contributed by atoms with E-state index in [1.165, 1.54) is 25.0 Å². The zero-order chi connectivity index (χ0) is 24.9. The van der Waals surface area contributed by atoms with Gasteiger partial charge in [0.05, 0.1) is 0 Å². The molecule has 5 nitrogen and oxygen atoms in total. The molecule has 2 fully saturated rings. The molecule has 1 aromatic carbocycles. The predicted molar refractivity (Wildman–Crippen MR) is 139 cm³/mol. The number of hydrogen-bond acceptors (Lipinski definition) is 5. The first kappa shape index (κ1) is 25.2. The van der Waals surface area contributed by atoms with Gasteiger partial charge in [0.25, 0.3) is 0 Å². The highest BCUT2D eigenvalue weighted by Crippen LogP contribution is 2.35. The highest BCUT2D eigenvalue weighted by Gasteiger charge is 2.27. The molecule has 36 heavy (non-hydrogen) atoms. The van der Waals surface area contributed by atoms with E-state index in [0.29, 0.717) is 5.56 Å². The molecule has 7 heteroatoms. The fourth-order valence-corrected chi connectivity index (χ4v) is 5.70. The van der Waals surface area contributed by atoms with Gasteiger partial charge in [0.2, 0.25) is 0 Å². The molecule has 0 bridgehead atoms. The lowest BCUT2D eigenvalue weighted by atomic mass is 9.92. The topological polar surface area (TPSA) is 40.6 Å². The van der Waals surface area contributed by atoms with Gasteiger partial charge in [0, 0.05) is 56.9 Å². The maximum Gasteiger partial charge on any atom is 0.191 e. The lowest BCUT2D eigenvalue weighted by Crippen LogP contribution is -2.42. The summed E-state index contributed by atoms with van der Waals surface area (Å²) in [6.07, 6.45) is 11.7. The quantitative estimate of drug-likeness (QED) is 0.544. The minimum atomic E-state index is -0.635. The molecule has 5 rings (SSSR count). The monoisotopic (exact) mass is 496 g/mol. The zero-order valence-corrected chi connectivity index (χ0v) is 21.3. The molecule has 0 saturated carbocycles. The molecule has 0 atom stereocenters. The van der Waals surface area contributed by atoms with Crippen molar-refractivity contribution in [2.24, 2.45) is 5.92 Å². The normalized spacial score (nSPS) is 19.8. The summed E-state index contributed by atoms with van der Waals surface area (Å²) in [5.41, 5.74) is 3.41. The van der Waals surface area contributed by atoms with Gasteiger partial charge in [0.1, 0.15) is 6.10 Å². The van der Waals surface area contributed by atoms with Crippen LogP contribution in [0.2, 0.25) is 0 Å². The molecule has 2 aromatic rings. The first-order chi connectivity index (χ1) is 17.6. The van der Waals surface area contributed by atoms with Crippen molar-refractivity contribution in [1.82, 2.24) is 20.1 Å². The van der Waals surface area contributed by atoms with Gasteiger partial charge in [-0.2, -0.15) is 0 Å². The van der Waals surface area contributed by atoms with Crippen LogP contribution in [-0.2, 0) is 6.54 Å². The second-order valence-electron chi connectivity index (χ2n) is 10.5. The second kappa shape index (κ2) is 11.7. The summed E-state index contributed by atoms with van der Waals surface area (Å²) in [4.78, 5) is 8.96. The summed E-state index contributed by atoms with van der Waals surface area (Å²) < 4.78 is 36.4. The molecule has 1 aromatic heterocycles. The van der Waals surface area contributed by atoms with E-state index in [1.54, 1.807) is 6.20 Å². The number of aromatic nitrogens is 1. The zero-order valence-electron chi connectivity index (χ0n) is 21.3. The van der Waals surface area contributed by atoms with Gasteiger partial charge < -0.3 is 19.9 Å². The standard InChI is InChI=1S/C29H38F2N4O/c1-2-3-12-35-19-23-17-33-11-6-25(23)26(20-35)22-15-27(30)29(28(31)16-22)36-24-7-13-34(14-8-24)18-21-4-9-32-10-5-21/h6,11,15-17,20-21,24,32H,2-5,7-10,12-14,18-19H2,1H3. The fourth-order valence-electron chi connectivity index (χ4n) is 5.70. The van der Waals surface area contributed by atoms with Crippen LogP contribution in [0.25, 0.3) is 5.57 Å². The Hall–Kier alpha value is -2.51. The number of fused-ring (bicyclic) bond motifs is 1. The van der Waals surface area contributed by atoms with Crippen LogP contribution in [0.1, 0.15) is 62.1 Å². The van der Waals surface area contributed by atoms with Crippen molar-refractivity contribution in [1.29, 1.82) is 0 Å². The third-order valence-electron chi connectivity index (χ3n) is 7.78. The number of rotatable bonds is 8. The molecule has 3 aliphatic heterocycles. The summed E-state index contributed by atoms with van der Waals surface area (Å²) in [7, 11) is 0. The number of hydrogen-bond donors (Lipinski definition) is 1. The third kappa shape index (κ3) is 5.89. The highest BCUT2D eigenvalue weighted by molar-refractivity contribution is 5.82. The summed E-state index contributed by atoms with van der Waals surface area (Å²) >= 11 is 0. The van der Waals surface area contributed by atoms with Crippen molar-refractivity contribution in [3.63, 3.8) is 0 Å². The number of benzene rings is 1. The number of piperidine rings is 2. The Morgan fingerprint density at radius 2 is 1.83 bits per heavy atom. The number of halogens is 2. The van der Waals surface area contributed by atoms with Crippen LogP contribution in [0, 0.1) is 17.6 Å². The van der Waals surface area contributed by atoms with Crippen LogP contribution in [0.5, 0.6) is 5.75 Å². The van der Waals surface area contributed by atoms with E-state index in [1.807, 2.05) is 18.5 Å². The van der Waals surface area contributed by atoms with Crippen molar-refractivity contribution >= 4 is 5.57 Å². The van der Waals surface area contributed by atoms with Gasteiger partial charge in [-0.25, -0.2) is 8.78 Å². The minimum Gasteiger partial charge on any atom is -0.484 e. The van der Waals surface area contributed by atoms with E-state index in [9.17, 15) is 0 Å². The Morgan fingerprint density at radius 1 is 1.08 bits per heavy atom. The average Bonchev–Trinajstić information content (AvgIpc) is 2.90. The minimum absolute atomic E-state index is 0.158. The van der Waals surface area contributed by atoms with Crippen molar-refractivity contribution in [3.8, 4) is 5.75 Å². The van der Waals surface area contributed by atoms with Gasteiger partial charge in [-0.15, -0.1) is 0 Å². The van der Waals surface area contributed by atoms with E-state index in [0.717, 1.165) is 94.1 Å². The van der Waals surface area contributed by atoms with Crippen LogP contribution in [0.3, 0.4) is 0 Å². The third-order valence-corrected chi connectivity index (χ3v) is 7.78. The van der Waals surface area contributed by atoms with E-state index in [4.69, 9.17) is 4.74 Å². The van der Waals surface area contributed by atoms with Crippen molar-refractivity contribution in [3.05, 3.63) is 65.1 Å². The Bertz CT molecular complexity index is 1040. The summed E-state index contributed by atoms with van der Waals surface area (Å²) in [5, 5.41) is 3.42. The molecule has 0 unspecified atom stereocenters. The molecule has 1 N–H and O–H groups in total. The number of likely N-dealkylation sites (tertiary alicyclic amines) is 1. The molecule has 2 saturated heterocycles. The number of nitrogens with one attached hydrogen (secondary N) is 1. The molecule has 0 spiro atoms. The van der Waals surface area contributed by atoms with Gasteiger partial charge in [-0.3, -0.25) is 4.98 Å². The lowest BCUT2D eigenvalue weighted by Gasteiger charge is -2.35. The predicted octanol–water partition coefficient (Wildman–Crippen LogP) is 5.21. The summed E-state index contributed by atoms with van der Waals surface area (Å²) in [6.45, 7) is 8.98. The molecule has 0 aliphatic carbocycles. The highest BCUT2D eigenvalue weighted by atomic mass is 19.1. The molecule has 3 aliphatic rings. The number of ether oxygens (including phenoxy) is 1. The van der Waals surface area contributed by atoms with E-state index < -0.39 is 11.6 Å². The largest absolute Gasteiger partial charge is 0.484 e. The number of pyridine rings is 1. The Labute approximate surface area is 213 Å². The number of unbranched alkanes of at least 4 members (excludes halogenated alkanes) is 1. The molecular weight excluding hydrogens is 458 g/mol. The Morgan fingerprint density at radius 3 is 2.56 bits per heavy atom. The fraction of sp³-hybridized carbons (Fsp3) is 0.552. The Kier molecular flexibility index (Phi) is 8.17.